The average molecular weight is 339 g/mol. The standard InChI is InChI=1S/C20H15ClO3/c21-18-8-4-15(5-9-18)16-6-10-19(11-7-16)24-13-14-2-1-3-17(12-14)20(22)23/h1-12H,13H2,(H,22,23). The lowest BCUT2D eigenvalue weighted by molar-refractivity contribution is 0.0696. The van der Waals surface area contributed by atoms with Crippen molar-refractivity contribution in [3.63, 3.8) is 0 Å². The topological polar surface area (TPSA) is 46.5 Å². The summed E-state index contributed by atoms with van der Waals surface area (Å²) < 4.78 is 5.72. The fourth-order valence-corrected chi connectivity index (χ4v) is 2.47. The molecule has 0 saturated carbocycles. The van der Waals surface area contributed by atoms with E-state index in [4.69, 9.17) is 21.4 Å². The van der Waals surface area contributed by atoms with Crippen molar-refractivity contribution in [2.24, 2.45) is 0 Å². The Bertz CT molecular complexity index is 840. The SMILES string of the molecule is O=C(O)c1cccc(COc2ccc(-c3ccc(Cl)cc3)cc2)c1. The summed E-state index contributed by atoms with van der Waals surface area (Å²) in [6.07, 6.45) is 0. The number of carboxylic acid groups (broad SMARTS) is 1. The van der Waals surface area contributed by atoms with Gasteiger partial charge in [-0.1, -0.05) is 48.0 Å². The highest BCUT2D eigenvalue weighted by molar-refractivity contribution is 6.30. The molecule has 0 fully saturated rings. The number of halogens is 1. The quantitative estimate of drug-likeness (QED) is 0.688. The van der Waals surface area contributed by atoms with Crippen molar-refractivity contribution in [2.45, 2.75) is 6.61 Å². The van der Waals surface area contributed by atoms with Crippen LogP contribution in [0.5, 0.6) is 5.75 Å². The minimum absolute atomic E-state index is 0.259. The number of aromatic carboxylic acids is 1. The van der Waals surface area contributed by atoms with Crippen LogP contribution in [0.3, 0.4) is 0 Å². The molecule has 1 N–H and O–H groups in total. The van der Waals surface area contributed by atoms with E-state index in [1.54, 1.807) is 18.2 Å². The molecule has 3 aromatic rings. The van der Waals surface area contributed by atoms with Crippen LogP contribution in [0.1, 0.15) is 15.9 Å². The molecule has 24 heavy (non-hydrogen) atoms. The minimum atomic E-state index is -0.941. The largest absolute Gasteiger partial charge is 0.489 e. The van der Waals surface area contributed by atoms with Crippen LogP contribution in [0.25, 0.3) is 11.1 Å². The summed E-state index contributed by atoms with van der Waals surface area (Å²) in [7, 11) is 0. The van der Waals surface area contributed by atoms with Crippen molar-refractivity contribution < 1.29 is 14.6 Å². The third-order valence-electron chi connectivity index (χ3n) is 3.61. The Kier molecular flexibility index (Phi) is 4.82. The first-order valence-corrected chi connectivity index (χ1v) is 7.81. The molecule has 0 radical (unpaired) electrons. The van der Waals surface area contributed by atoms with Gasteiger partial charge in [-0.3, -0.25) is 0 Å². The number of hydrogen-bond acceptors (Lipinski definition) is 2. The maximum Gasteiger partial charge on any atom is 0.335 e. The second-order valence-electron chi connectivity index (χ2n) is 5.33. The van der Waals surface area contributed by atoms with E-state index in [1.807, 2.05) is 54.6 Å². The van der Waals surface area contributed by atoms with Crippen LogP contribution in [-0.4, -0.2) is 11.1 Å². The maximum absolute atomic E-state index is 11.0. The summed E-state index contributed by atoms with van der Waals surface area (Å²) in [4.78, 5) is 11.0. The van der Waals surface area contributed by atoms with E-state index in [-0.39, 0.29) is 5.56 Å². The Hall–Kier alpha value is -2.78. The molecule has 0 atom stereocenters. The smallest absolute Gasteiger partial charge is 0.335 e. The number of carbonyl (C=O) groups is 1. The van der Waals surface area contributed by atoms with E-state index in [1.165, 1.54) is 0 Å². The highest BCUT2D eigenvalue weighted by Gasteiger charge is 2.04. The average Bonchev–Trinajstić information content (AvgIpc) is 2.61. The molecule has 3 nitrogen and oxygen atoms in total. The fourth-order valence-electron chi connectivity index (χ4n) is 2.35. The van der Waals surface area contributed by atoms with Crippen molar-refractivity contribution in [3.05, 3.63) is 88.9 Å². The molecule has 3 aromatic carbocycles. The summed E-state index contributed by atoms with van der Waals surface area (Å²) in [5, 5.41) is 9.71. The molecule has 0 spiro atoms. The molecular formula is C20H15ClO3. The lowest BCUT2D eigenvalue weighted by Crippen LogP contribution is -2.00. The molecule has 120 valence electrons. The van der Waals surface area contributed by atoms with E-state index in [9.17, 15) is 4.79 Å². The van der Waals surface area contributed by atoms with Crippen LogP contribution in [0.4, 0.5) is 0 Å². The van der Waals surface area contributed by atoms with Crippen molar-refractivity contribution in [1.29, 1.82) is 0 Å². The zero-order valence-electron chi connectivity index (χ0n) is 12.8. The van der Waals surface area contributed by atoms with Crippen LogP contribution in [0.15, 0.2) is 72.8 Å². The number of ether oxygens (including phenoxy) is 1. The van der Waals surface area contributed by atoms with Gasteiger partial charge in [-0.25, -0.2) is 4.79 Å². The molecule has 0 aliphatic rings. The molecule has 0 heterocycles. The zero-order valence-corrected chi connectivity index (χ0v) is 13.5. The van der Waals surface area contributed by atoms with E-state index in [2.05, 4.69) is 0 Å². The van der Waals surface area contributed by atoms with Crippen LogP contribution in [0, 0.1) is 0 Å². The second-order valence-corrected chi connectivity index (χ2v) is 5.76. The molecule has 0 aliphatic carbocycles. The number of carboxylic acids is 1. The summed E-state index contributed by atoms with van der Waals surface area (Å²) in [5.74, 6) is -0.211. The summed E-state index contributed by atoms with van der Waals surface area (Å²) in [6.45, 7) is 0.321. The highest BCUT2D eigenvalue weighted by Crippen LogP contribution is 2.24. The molecule has 0 saturated heterocycles. The Labute approximate surface area is 145 Å². The van der Waals surface area contributed by atoms with Crippen LogP contribution < -0.4 is 4.74 Å². The van der Waals surface area contributed by atoms with Crippen LogP contribution in [-0.2, 0) is 6.61 Å². The van der Waals surface area contributed by atoms with Crippen molar-refractivity contribution >= 4 is 17.6 Å². The molecule has 0 bridgehead atoms. The van der Waals surface area contributed by atoms with Gasteiger partial charge in [0.25, 0.3) is 0 Å². The molecule has 3 rings (SSSR count). The molecule has 0 aromatic heterocycles. The fraction of sp³-hybridized carbons (Fsp3) is 0.0500. The van der Waals surface area contributed by atoms with Gasteiger partial charge in [-0.05, 0) is 53.1 Å². The Morgan fingerprint density at radius 3 is 2.17 bits per heavy atom. The Morgan fingerprint density at radius 1 is 0.917 bits per heavy atom. The Morgan fingerprint density at radius 2 is 1.54 bits per heavy atom. The second kappa shape index (κ2) is 7.20. The number of benzene rings is 3. The normalized spacial score (nSPS) is 10.4. The van der Waals surface area contributed by atoms with Gasteiger partial charge in [0.15, 0.2) is 0 Å². The summed E-state index contributed by atoms with van der Waals surface area (Å²) in [5.41, 5.74) is 3.23. The number of rotatable bonds is 5. The lowest BCUT2D eigenvalue weighted by atomic mass is 10.1. The van der Waals surface area contributed by atoms with Gasteiger partial charge in [0, 0.05) is 5.02 Å². The van der Waals surface area contributed by atoms with Gasteiger partial charge in [-0.15, -0.1) is 0 Å². The summed E-state index contributed by atoms with van der Waals surface area (Å²) in [6, 6.07) is 22.1. The lowest BCUT2D eigenvalue weighted by Gasteiger charge is -2.08. The zero-order chi connectivity index (χ0) is 16.9. The van der Waals surface area contributed by atoms with Gasteiger partial charge in [0.2, 0.25) is 0 Å². The molecule has 0 aliphatic heterocycles. The monoisotopic (exact) mass is 338 g/mol. The van der Waals surface area contributed by atoms with Crippen molar-refractivity contribution in [2.75, 3.05) is 0 Å². The van der Waals surface area contributed by atoms with Crippen LogP contribution >= 0.6 is 11.6 Å². The van der Waals surface area contributed by atoms with Gasteiger partial charge < -0.3 is 9.84 Å². The number of hydrogen-bond donors (Lipinski definition) is 1. The van der Waals surface area contributed by atoms with Crippen LogP contribution in [0.2, 0.25) is 5.02 Å². The molecule has 0 unspecified atom stereocenters. The van der Waals surface area contributed by atoms with E-state index < -0.39 is 5.97 Å². The third kappa shape index (κ3) is 3.94. The Balaban J connectivity index is 1.67. The van der Waals surface area contributed by atoms with Gasteiger partial charge in [0.05, 0.1) is 5.56 Å². The van der Waals surface area contributed by atoms with E-state index in [0.29, 0.717) is 11.6 Å². The van der Waals surface area contributed by atoms with Crippen molar-refractivity contribution in [3.8, 4) is 16.9 Å². The first-order chi connectivity index (χ1) is 11.6. The molecular weight excluding hydrogens is 324 g/mol. The summed E-state index contributed by atoms with van der Waals surface area (Å²) >= 11 is 5.90. The molecule has 4 heteroatoms. The predicted molar refractivity (Wildman–Crippen MR) is 94.6 cm³/mol. The van der Waals surface area contributed by atoms with Gasteiger partial charge in [-0.2, -0.15) is 0 Å². The minimum Gasteiger partial charge on any atom is -0.489 e. The molecule has 0 amide bonds. The van der Waals surface area contributed by atoms with E-state index in [0.717, 1.165) is 22.4 Å². The van der Waals surface area contributed by atoms with Gasteiger partial charge >= 0.3 is 5.97 Å². The van der Waals surface area contributed by atoms with E-state index >= 15 is 0 Å². The third-order valence-corrected chi connectivity index (χ3v) is 3.86. The predicted octanol–water partition coefficient (Wildman–Crippen LogP) is 5.28. The van der Waals surface area contributed by atoms with Gasteiger partial charge in [0.1, 0.15) is 12.4 Å². The first kappa shape index (κ1) is 16.1. The first-order valence-electron chi connectivity index (χ1n) is 7.43. The van der Waals surface area contributed by atoms with Crippen molar-refractivity contribution in [1.82, 2.24) is 0 Å². The maximum atomic E-state index is 11.0. The highest BCUT2D eigenvalue weighted by atomic mass is 35.5.